The number of hydrogen-bond donors (Lipinski definition) is 3. The van der Waals surface area contributed by atoms with Gasteiger partial charge in [0.15, 0.2) is 5.52 Å². The number of ether oxygens (including phenoxy) is 1. The van der Waals surface area contributed by atoms with Crippen LogP contribution in [0.1, 0.15) is 42.7 Å². The molecular weight excluding hydrogens is 458 g/mol. The first-order valence-corrected chi connectivity index (χ1v) is 11.9. The predicted octanol–water partition coefficient (Wildman–Crippen LogP) is 3.78. The molecule has 0 fully saturated rings. The number of benzene rings is 2. The smallest absolute Gasteiger partial charge is 0.277 e. The maximum Gasteiger partial charge on any atom is 0.277 e. The number of carbonyl (C=O) groups excluding carboxylic acids is 1. The first-order valence-electron chi connectivity index (χ1n) is 11.9. The highest BCUT2D eigenvalue weighted by molar-refractivity contribution is 5.90. The summed E-state index contributed by atoms with van der Waals surface area (Å²) in [5, 5.41) is 13.1. The van der Waals surface area contributed by atoms with Crippen LogP contribution in [0.15, 0.2) is 53.3 Å². The standard InChI is InChI=1S/C27H29N5O4/c1-4-6-21-24-25(32(3)30-21)27(34)29-26(28-24)20-16-19(11-13-22(20)36-5-2)15-18-9-7-17(8-10-18)12-14-23(33)31-35/h7-14,16,35H,4-6,15H2,1-3H3,(H,31,33)(H,28,29,34)/b14-12+. The molecule has 0 aliphatic rings. The van der Waals surface area contributed by atoms with Gasteiger partial charge in [-0.25, -0.2) is 10.5 Å². The van der Waals surface area contributed by atoms with Crippen LogP contribution in [0.5, 0.6) is 5.75 Å². The van der Waals surface area contributed by atoms with Crippen molar-refractivity contribution in [3.05, 3.63) is 81.3 Å². The van der Waals surface area contributed by atoms with Crippen LogP contribution in [0.4, 0.5) is 0 Å². The number of hydroxylamine groups is 1. The van der Waals surface area contributed by atoms with Crippen molar-refractivity contribution in [2.45, 2.75) is 33.1 Å². The van der Waals surface area contributed by atoms with Gasteiger partial charge in [0.05, 0.1) is 17.9 Å². The van der Waals surface area contributed by atoms with E-state index in [0.29, 0.717) is 41.2 Å². The number of aryl methyl sites for hydroxylation is 2. The summed E-state index contributed by atoms with van der Waals surface area (Å²) in [6, 6.07) is 13.6. The molecule has 4 aromatic rings. The molecule has 0 unspecified atom stereocenters. The molecule has 0 saturated heterocycles. The van der Waals surface area contributed by atoms with E-state index >= 15 is 0 Å². The highest BCUT2D eigenvalue weighted by Gasteiger charge is 2.17. The molecule has 4 rings (SSSR count). The zero-order valence-electron chi connectivity index (χ0n) is 20.5. The Bertz CT molecular complexity index is 1470. The molecule has 186 valence electrons. The molecule has 2 heterocycles. The Balaban J connectivity index is 1.69. The van der Waals surface area contributed by atoms with Gasteiger partial charge in [0.1, 0.15) is 17.1 Å². The molecule has 0 saturated carbocycles. The summed E-state index contributed by atoms with van der Waals surface area (Å²) in [6.45, 7) is 4.47. The number of nitrogens with zero attached hydrogens (tertiary/aromatic N) is 3. The Morgan fingerprint density at radius 2 is 1.92 bits per heavy atom. The average molecular weight is 488 g/mol. The van der Waals surface area contributed by atoms with Crippen molar-refractivity contribution in [2.75, 3.05) is 6.61 Å². The van der Waals surface area contributed by atoms with Gasteiger partial charge in [-0.3, -0.25) is 19.5 Å². The number of hydrogen-bond acceptors (Lipinski definition) is 6. The van der Waals surface area contributed by atoms with E-state index in [1.165, 1.54) is 6.08 Å². The van der Waals surface area contributed by atoms with Gasteiger partial charge in [0.25, 0.3) is 11.5 Å². The molecule has 0 radical (unpaired) electrons. The second-order valence-electron chi connectivity index (χ2n) is 8.42. The van der Waals surface area contributed by atoms with E-state index in [0.717, 1.165) is 35.2 Å². The number of H-pyrrole nitrogens is 1. The van der Waals surface area contributed by atoms with Crippen molar-refractivity contribution < 1.29 is 14.7 Å². The Hall–Kier alpha value is -4.24. The van der Waals surface area contributed by atoms with Crippen LogP contribution < -0.4 is 15.8 Å². The minimum atomic E-state index is -0.584. The zero-order valence-corrected chi connectivity index (χ0v) is 20.5. The predicted molar refractivity (Wildman–Crippen MR) is 138 cm³/mol. The van der Waals surface area contributed by atoms with E-state index in [4.69, 9.17) is 14.9 Å². The highest BCUT2D eigenvalue weighted by Crippen LogP contribution is 2.30. The lowest BCUT2D eigenvalue weighted by molar-refractivity contribution is -0.124. The molecule has 9 nitrogen and oxygen atoms in total. The van der Waals surface area contributed by atoms with E-state index in [1.54, 1.807) is 23.3 Å². The number of fused-ring (bicyclic) bond motifs is 1. The SMILES string of the molecule is CCCc1nn(C)c2c(=O)[nH]c(-c3cc(Cc4ccc(/C=C/C(=O)NO)cc4)ccc3OCC)nc12. The lowest BCUT2D eigenvalue weighted by Crippen LogP contribution is -2.14. The van der Waals surface area contributed by atoms with Crippen LogP contribution in [-0.4, -0.2) is 37.5 Å². The average Bonchev–Trinajstić information content (AvgIpc) is 3.20. The Labute approximate surface area is 208 Å². The van der Waals surface area contributed by atoms with Crippen LogP contribution in [0.25, 0.3) is 28.5 Å². The monoisotopic (exact) mass is 487 g/mol. The lowest BCUT2D eigenvalue weighted by atomic mass is 10.0. The summed E-state index contributed by atoms with van der Waals surface area (Å²) in [5.41, 5.74) is 6.87. The molecule has 0 aliphatic heterocycles. The molecule has 0 aliphatic carbocycles. The van der Waals surface area contributed by atoms with E-state index in [-0.39, 0.29) is 5.56 Å². The van der Waals surface area contributed by atoms with Gasteiger partial charge in [-0.1, -0.05) is 43.7 Å². The zero-order chi connectivity index (χ0) is 25.7. The topological polar surface area (TPSA) is 122 Å². The van der Waals surface area contributed by atoms with Gasteiger partial charge < -0.3 is 9.72 Å². The molecular formula is C27H29N5O4. The maximum absolute atomic E-state index is 13.0. The third-order valence-corrected chi connectivity index (χ3v) is 5.77. The molecule has 1 amide bonds. The Kier molecular flexibility index (Phi) is 7.60. The van der Waals surface area contributed by atoms with Crippen molar-refractivity contribution in [2.24, 2.45) is 7.05 Å². The van der Waals surface area contributed by atoms with Crippen molar-refractivity contribution in [1.82, 2.24) is 25.2 Å². The van der Waals surface area contributed by atoms with Crippen molar-refractivity contribution in [1.29, 1.82) is 0 Å². The summed E-state index contributed by atoms with van der Waals surface area (Å²) in [7, 11) is 1.76. The largest absolute Gasteiger partial charge is 0.493 e. The second kappa shape index (κ2) is 11.0. The Morgan fingerprint density at radius 1 is 1.17 bits per heavy atom. The van der Waals surface area contributed by atoms with Gasteiger partial charge in [-0.2, -0.15) is 5.10 Å². The van der Waals surface area contributed by atoms with Crippen molar-refractivity contribution >= 4 is 23.0 Å². The summed E-state index contributed by atoms with van der Waals surface area (Å²) in [5.74, 6) is 0.511. The number of aromatic nitrogens is 4. The highest BCUT2D eigenvalue weighted by atomic mass is 16.5. The van der Waals surface area contributed by atoms with Gasteiger partial charge in [0.2, 0.25) is 0 Å². The van der Waals surface area contributed by atoms with Crippen molar-refractivity contribution in [3.63, 3.8) is 0 Å². The van der Waals surface area contributed by atoms with Gasteiger partial charge in [-0.15, -0.1) is 0 Å². The first-order chi connectivity index (χ1) is 17.4. The van der Waals surface area contributed by atoms with Crippen LogP contribution in [-0.2, 0) is 24.7 Å². The van der Waals surface area contributed by atoms with E-state index in [9.17, 15) is 9.59 Å². The molecule has 0 spiro atoms. The van der Waals surface area contributed by atoms with Gasteiger partial charge in [0, 0.05) is 13.1 Å². The molecule has 36 heavy (non-hydrogen) atoms. The van der Waals surface area contributed by atoms with E-state index in [2.05, 4.69) is 17.0 Å². The second-order valence-corrected chi connectivity index (χ2v) is 8.42. The normalized spacial score (nSPS) is 11.3. The van der Waals surface area contributed by atoms with Crippen LogP contribution >= 0.6 is 0 Å². The molecule has 2 aromatic heterocycles. The lowest BCUT2D eigenvalue weighted by Gasteiger charge is -2.12. The fourth-order valence-corrected chi connectivity index (χ4v) is 4.12. The molecule has 9 heteroatoms. The van der Waals surface area contributed by atoms with Gasteiger partial charge in [-0.05, 0) is 54.7 Å². The number of rotatable bonds is 9. The minimum absolute atomic E-state index is 0.237. The van der Waals surface area contributed by atoms with Crippen molar-refractivity contribution in [3.8, 4) is 17.1 Å². The third-order valence-electron chi connectivity index (χ3n) is 5.77. The van der Waals surface area contributed by atoms with Gasteiger partial charge >= 0.3 is 0 Å². The molecule has 0 bridgehead atoms. The summed E-state index contributed by atoms with van der Waals surface area (Å²) < 4.78 is 7.45. The third kappa shape index (κ3) is 5.36. The summed E-state index contributed by atoms with van der Waals surface area (Å²) in [6.07, 6.45) is 5.17. The van der Waals surface area contributed by atoms with Crippen LogP contribution in [0.2, 0.25) is 0 Å². The molecule has 2 aromatic carbocycles. The number of nitrogens with one attached hydrogen (secondary N) is 2. The number of carbonyl (C=O) groups is 1. The first kappa shape index (κ1) is 24.9. The fourth-order valence-electron chi connectivity index (χ4n) is 4.12. The van der Waals surface area contributed by atoms with Crippen LogP contribution in [0.3, 0.4) is 0 Å². The molecule has 0 atom stereocenters. The molecule has 3 N–H and O–H groups in total. The quantitative estimate of drug-likeness (QED) is 0.188. The summed E-state index contributed by atoms with van der Waals surface area (Å²) in [4.78, 5) is 31.9. The fraction of sp³-hybridized carbons (Fsp3) is 0.259. The van der Waals surface area contributed by atoms with Crippen LogP contribution in [0, 0.1) is 0 Å². The minimum Gasteiger partial charge on any atom is -0.493 e. The van der Waals surface area contributed by atoms with E-state index in [1.807, 2.05) is 49.4 Å². The number of aromatic amines is 1. The Morgan fingerprint density at radius 3 is 2.61 bits per heavy atom. The number of amides is 1. The van der Waals surface area contributed by atoms with E-state index < -0.39 is 5.91 Å². The maximum atomic E-state index is 13.0. The summed E-state index contributed by atoms with van der Waals surface area (Å²) >= 11 is 0.